The predicted octanol–water partition coefficient (Wildman–Crippen LogP) is 4.14. The van der Waals surface area contributed by atoms with E-state index in [0.29, 0.717) is 12.0 Å². The summed E-state index contributed by atoms with van der Waals surface area (Å²) in [7, 11) is 0. The lowest BCUT2D eigenvalue weighted by Crippen LogP contribution is -2.26. The molecule has 2 aromatic carbocycles. The number of hydrogen-bond acceptors (Lipinski definition) is 2. The van der Waals surface area contributed by atoms with Crippen molar-refractivity contribution in [1.82, 2.24) is 0 Å². The van der Waals surface area contributed by atoms with E-state index in [1.165, 1.54) is 4.90 Å². The summed E-state index contributed by atoms with van der Waals surface area (Å²) in [5.41, 5.74) is 6.62. The van der Waals surface area contributed by atoms with Gasteiger partial charge in [0, 0.05) is 16.7 Å². The molecule has 2 aromatic rings. The van der Waals surface area contributed by atoms with E-state index in [-0.39, 0.29) is 16.9 Å². The molecule has 0 aliphatic heterocycles. The second kappa shape index (κ2) is 6.94. The Bertz CT molecular complexity index is 533. The molecule has 0 aromatic heterocycles. The third-order valence-corrected chi connectivity index (χ3v) is 4.21. The van der Waals surface area contributed by atoms with E-state index >= 15 is 0 Å². The number of thioether (sulfide) groups is 1. The molecule has 0 aliphatic carbocycles. The van der Waals surface area contributed by atoms with E-state index in [2.05, 4.69) is 0 Å². The van der Waals surface area contributed by atoms with Crippen LogP contribution in [0.3, 0.4) is 0 Å². The largest absolute Gasteiger partial charge is 0.327 e. The SMILES string of the molecule is NC(CSc1ccccc1)Cc1cccc(Cl)c1F. The third kappa shape index (κ3) is 4.23. The van der Waals surface area contributed by atoms with E-state index in [9.17, 15) is 4.39 Å². The van der Waals surface area contributed by atoms with Gasteiger partial charge in [-0.3, -0.25) is 0 Å². The zero-order chi connectivity index (χ0) is 13.7. The van der Waals surface area contributed by atoms with Crippen LogP contribution in [0.2, 0.25) is 5.02 Å². The summed E-state index contributed by atoms with van der Waals surface area (Å²) in [6, 6.07) is 15.0. The Kier molecular flexibility index (Phi) is 5.25. The molecule has 0 spiro atoms. The van der Waals surface area contributed by atoms with Crippen LogP contribution in [0.4, 0.5) is 4.39 Å². The first-order valence-electron chi connectivity index (χ1n) is 6.03. The fourth-order valence-corrected chi connectivity index (χ4v) is 2.84. The van der Waals surface area contributed by atoms with Gasteiger partial charge < -0.3 is 5.73 Å². The molecule has 0 heterocycles. The first-order valence-corrected chi connectivity index (χ1v) is 7.39. The Labute approximate surface area is 122 Å². The first kappa shape index (κ1) is 14.4. The number of benzene rings is 2. The van der Waals surface area contributed by atoms with E-state index < -0.39 is 0 Å². The predicted molar refractivity (Wildman–Crippen MR) is 80.3 cm³/mol. The molecule has 4 heteroatoms. The van der Waals surface area contributed by atoms with Crippen molar-refractivity contribution in [2.45, 2.75) is 17.4 Å². The Morgan fingerprint density at radius 3 is 2.58 bits per heavy atom. The average Bonchev–Trinajstić information content (AvgIpc) is 2.43. The summed E-state index contributed by atoms with van der Waals surface area (Å²) < 4.78 is 13.7. The topological polar surface area (TPSA) is 26.0 Å². The Morgan fingerprint density at radius 1 is 1.11 bits per heavy atom. The minimum atomic E-state index is -0.357. The molecule has 1 nitrogen and oxygen atoms in total. The highest BCUT2D eigenvalue weighted by Crippen LogP contribution is 2.21. The summed E-state index contributed by atoms with van der Waals surface area (Å²) in [5.74, 6) is 0.389. The number of hydrogen-bond donors (Lipinski definition) is 1. The van der Waals surface area contributed by atoms with Gasteiger partial charge in [0.05, 0.1) is 5.02 Å². The molecule has 1 atom stereocenters. The Morgan fingerprint density at radius 2 is 1.84 bits per heavy atom. The van der Waals surface area contributed by atoms with Crippen molar-refractivity contribution in [1.29, 1.82) is 0 Å². The van der Waals surface area contributed by atoms with E-state index in [0.717, 1.165) is 5.75 Å². The molecule has 0 saturated carbocycles. The van der Waals surface area contributed by atoms with Crippen LogP contribution in [0, 0.1) is 5.82 Å². The van der Waals surface area contributed by atoms with E-state index in [1.807, 2.05) is 30.3 Å². The zero-order valence-corrected chi connectivity index (χ0v) is 11.9. The molecule has 0 fully saturated rings. The summed E-state index contributed by atoms with van der Waals surface area (Å²) in [5, 5.41) is 0.153. The first-order chi connectivity index (χ1) is 9.16. The van der Waals surface area contributed by atoms with Crippen molar-refractivity contribution in [3.8, 4) is 0 Å². The summed E-state index contributed by atoms with van der Waals surface area (Å²) >= 11 is 7.43. The molecule has 0 saturated heterocycles. The van der Waals surface area contributed by atoms with Crippen molar-refractivity contribution in [2.75, 3.05) is 5.75 Å². The van der Waals surface area contributed by atoms with Gasteiger partial charge in [-0.15, -0.1) is 11.8 Å². The summed E-state index contributed by atoms with van der Waals surface area (Å²) in [6.07, 6.45) is 0.492. The van der Waals surface area contributed by atoms with Crippen LogP contribution >= 0.6 is 23.4 Å². The van der Waals surface area contributed by atoms with Crippen LogP contribution in [0.1, 0.15) is 5.56 Å². The molecule has 0 aliphatic rings. The van der Waals surface area contributed by atoms with Gasteiger partial charge in [0.15, 0.2) is 0 Å². The van der Waals surface area contributed by atoms with Crippen LogP contribution in [0.5, 0.6) is 0 Å². The minimum Gasteiger partial charge on any atom is -0.327 e. The quantitative estimate of drug-likeness (QED) is 0.839. The number of rotatable bonds is 5. The fraction of sp³-hybridized carbons (Fsp3) is 0.200. The molecular formula is C15H15ClFNS. The van der Waals surface area contributed by atoms with Gasteiger partial charge in [0.1, 0.15) is 5.82 Å². The molecule has 19 heavy (non-hydrogen) atoms. The maximum Gasteiger partial charge on any atom is 0.145 e. The second-order valence-corrected chi connectivity index (χ2v) is 5.80. The number of nitrogens with two attached hydrogens (primary N) is 1. The maximum absolute atomic E-state index is 13.7. The smallest absolute Gasteiger partial charge is 0.145 e. The van der Waals surface area contributed by atoms with Crippen molar-refractivity contribution < 1.29 is 4.39 Å². The van der Waals surface area contributed by atoms with E-state index in [4.69, 9.17) is 17.3 Å². The van der Waals surface area contributed by atoms with Gasteiger partial charge in [0.25, 0.3) is 0 Å². The van der Waals surface area contributed by atoms with Gasteiger partial charge >= 0.3 is 0 Å². The van der Waals surface area contributed by atoms with Gasteiger partial charge in [-0.1, -0.05) is 41.9 Å². The van der Waals surface area contributed by atoms with Crippen molar-refractivity contribution in [3.05, 3.63) is 64.9 Å². The zero-order valence-electron chi connectivity index (χ0n) is 10.4. The highest BCUT2D eigenvalue weighted by atomic mass is 35.5. The van der Waals surface area contributed by atoms with Gasteiger partial charge in [-0.05, 0) is 30.2 Å². The minimum absolute atomic E-state index is 0.0989. The van der Waals surface area contributed by atoms with Crippen LogP contribution < -0.4 is 5.73 Å². The van der Waals surface area contributed by atoms with Crippen LogP contribution in [0.25, 0.3) is 0 Å². The molecule has 2 rings (SSSR count). The normalized spacial score (nSPS) is 12.4. The lowest BCUT2D eigenvalue weighted by Gasteiger charge is -2.12. The van der Waals surface area contributed by atoms with E-state index in [1.54, 1.807) is 30.0 Å². The molecule has 0 radical (unpaired) electrons. The summed E-state index contributed by atoms with van der Waals surface area (Å²) in [6.45, 7) is 0. The van der Waals surface area contributed by atoms with Gasteiger partial charge in [0.2, 0.25) is 0 Å². The van der Waals surface area contributed by atoms with Crippen LogP contribution in [-0.2, 0) is 6.42 Å². The molecule has 0 amide bonds. The third-order valence-electron chi connectivity index (χ3n) is 2.72. The summed E-state index contributed by atoms with van der Waals surface area (Å²) in [4.78, 5) is 1.17. The van der Waals surface area contributed by atoms with Crippen molar-refractivity contribution in [3.63, 3.8) is 0 Å². The second-order valence-electron chi connectivity index (χ2n) is 4.30. The molecular weight excluding hydrogens is 281 g/mol. The number of halogens is 2. The average molecular weight is 296 g/mol. The highest BCUT2D eigenvalue weighted by Gasteiger charge is 2.11. The molecule has 1 unspecified atom stereocenters. The molecule has 2 N–H and O–H groups in total. The lowest BCUT2D eigenvalue weighted by molar-refractivity contribution is 0.598. The van der Waals surface area contributed by atoms with Crippen molar-refractivity contribution >= 4 is 23.4 Å². The van der Waals surface area contributed by atoms with Crippen LogP contribution in [-0.4, -0.2) is 11.8 Å². The highest BCUT2D eigenvalue weighted by molar-refractivity contribution is 7.99. The molecule has 0 bridgehead atoms. The lowest BCUT2D eigenvalue weighted by atomic mass is 10.1. The van der Waals surface area contributed by atoms with Crippen molar-refractivity contribution in [2.24, 2.45) is 5.73 Å². The van der Waals surface area contributed by atoms with Gasteiger partial charge in [-0.2, -0.15) is 0 Å². The molecule has 100 valence electrons. The van der Waals surface area contributed by atoms with Crippen LogP contribution in [0.15, 0.2) is 53.4 Å². The van der Waals surface area contributed by atoms with Gasteiger partial charge in [-0.25, -0.2) is 4.39 Å². The monoisotopic (exact) mass is 295 g/mol. The maximum atomic E-state index is 13.7. The standard InChI is InChI=1S/C15H15ClFNS/c16-14-8-4-5-11(15(14)17)9-12(18)10-19-13-6-2-1-3-7-13/h1-8,12H,9-10,18H2. The fourth-order valence-electron chi connectivity index (χ4n) is 1.77. The Hall–Kier alpha value is -1.03. The Balaban J connectivity index is 1.91.